The Morgan fingerprint density at radius 1 is 1.23 bits per heavy atom. The minimum absolute atomic E-state index is 0.0583. The summed E-state index contributed by atoms with van der Waals surface area (Å²) < 4.78 is 0.613. The Hall–Kier alpha value is -2.21. The van der Waals surface area contributed by atoms with E-state index in [0.29, 0.717) is 23.0 Å². The third-order valence-corrected chi connectivity index (χ3v) is 3.89. The van der Waals surface area contributed by atoms with E-state index in [2.05, 4.69) is 21.2 Å². The molecule has 0 aromatic heterocycles. The van der Waals surface area contributed by atoms with Crippen LogP contribution in [0.15, 0.2) is 46.9 Å². The van der Waals surface area contributed by atoms with Crippen LogP contribution in [-0.2, 0) is 11.2 Å². The number of halogens is 1. The van der Waals surface area contributed by atoms with Crippen LogP contribution < -0.4 is 5.32 Å². The zero-order valence-corrected chi connectivity index (χ0v) is 13.6. The number of nitro benzene ring substituents is 1. The van der Waals surface area contributed by atoms with Crippen molar-refractivity contribution in [2.75, 3.05) is 5.32 Å². The van der Waals surface area contributed by atoms with Crippen LogP contribution in [0.4, 0.5) is 11.4 Å². The van der Waals surface area contributed by atoms with Crippen molar-refractivity contribution in [3.8, 4) is 0 Å². The lowest BCUT2D eigenvalue weighted by molar-refractivity contribution is -0.384. The second kappa shape index (κ2) is 7.17. The molecule has 1 amide bonds. The van der Waals surface area contributed by atoms with E-state index in [0.717, 1.165) is 5.56 Å². The van der Waals surface area contributed by atoms with Gasteiger partial charge in [0.2, 0.25) is 5.91 Å². The average Bonchev–Trinajstić information content (AvgIpc) is 2.48. The number of anilines is 1. The van der Waals surface area contributed by atoms with Crippen molar-refractivity contribution in [3.05, 3.63) is 68.2 Å². The molecule has 0 aliphatic carbocycles. The number of carbonyl (C=O) groups is 1. The fourth-order valence-electron chi connectivity index (χ4n) is 1.95. The predicted molar refractivity (Wildman–Crippen MR) is 88.9 cm³/mol. The number of nitrogens with zero attached hydrogens (tertiary/aromatic N) is 1. The number of carbonyl (C=O) groups excluding carboxylic acids is 1. The third-order valence-electron chi connectivity index (χ3n) is 3.20. The summed E-state index contributed by atoms with van der Waals surface area (Å²) in [5, 5.41) is 13.5. The Kier molecular flexibility index (Phi) is 5.27. The van der Waals surface area contributed by atoms with E-state index < -0.39 is 4.92 Å². The summed E-state index contributed by atoms with van der Waals surface area (Å²) in [6, 6.07) is 12.3. The summed E-state index contributed by atoms with van der Waals surface area (Å²) in [5.41, 5.74) is 2.60. The van der Waals surface area contributed by atoms with Gasteiger partial charge < -0.3 is 5.32 Å². The second-order valence-electron chi connectivity index (χ2n) is 4.96. The standard InChI is InChI=1S/C16H15BrN2O3/c1-11-2-4-12(5-3-11)6-9-16(20)18-15-10-13(19(21)22)7-8-14(15)17/h2-5,7-8,10H,6,9H2,1H3,(H,18,20). The molecule has 6 heteroatoms. The smallest absolute Gasteiger partial charge is 0.271 e. The van der Waals surface area contributed by atoms with Crippen molar-refractivity contribution < 1.29 is 9.72 Å². The first-order valence-corrected chi connectivity index (χ1v) is 7.54. The molecule has 5 nitrogen and oxygen atoms in total. The highest BCUT2D eigenvalue weighted by molar-refractivity contribution is 9.10. The van der Waals surface area contributed by atoms with Crippen LogP contribution in [0, 0.1) is 17.0 Å². The van der Waals surface area contributed by atoms with Gasteiger partial charge in [0.05, 0.1) is 10.6 Å². The molecule has 2 rings (SSSR count). The number of aryl methyl sites for hydroxylation is 2. The Balaban J connectivity index is 1.98. The number of amides is 1. The molecular formula is C16H15BrN2O3. The minimum Gasteiger partial charge on any atom is -0.325 e. The number of rotatable bonds is 5. The van der Waals surface area contributed by atoms with Gasteiger partial charge in [-0.05, 0) is 40.9 Å². The number of hydrogen-bond acceptors (Lipinski definition) is 3. The van der Waals surface area contributed by atoms with E-state index in [1.54, 1.807) is 6.07 Å². The van der Waals surface area contributed by atoms with Crippen molar-refractivity contribution in [1.82, 2.24) is 0 Å². The van der Waals surface area contributed by atoms with Crippen LogP contribution in [0.25, 0.3) is 0 Å². The molecule has 2 aromatic carbocycles. The fraction of sp³-hybridized carbons (Fsp3) is 0.188. The number of benzene rings is 2. The maximum atomic E-state index is 12.0. The van der Waals surface area contributed by atoms with Crippen LogP contribution in [0.1, 0.15) is 17.5 Å². The van der Waals surface area contributed by atoms with E-state index in [-0.39, 0.29) is 11.6 Å². The molecule has 0 unspecified atom stereocenters. The molecule has 0 saturated heterocycles. The average molecular weight is 363 g/mol. The maximum absolute atomic E-state index is 12.0. The number of non-ortho nitro benzene ring substituents is 1. The molecule has 0 aliphatic heterocycles. The van der Waals surface area contributed by atoms with Gasteiger partial charge in [-0.25, -0.2) is 0 Å². The zero-order valence-electron chi connectivity index (χ0n) is 12.0. The van der Waals surface area contributed by atoms with E-state index in [1.807, 2.05) is 31.2 Å². The Labute approximate surface area is 136 Å². The maximum Gasteiger partial charge on any atom is 0.271 e. The molecule has 114 valence electrons. The normalized spacial score (nSPS) is 10.3. The topological polar surface area (TPSA) is 72.2 Å². The highest BCUT2D eigenvalue weighted by Crippen LogP contribution is 2.27. The second-order valence-corrected chi connectivity index (χ2v) is 5.81. The van der Waals surface area contributed by atoms with Crippen molar-refractivity contribution in [2.24, 2.45) is 0 Å². The van der Waals surface area contributed by atoms with Gasteiger partial charge in [0, 0.05) is 23.0 Å². The van der Waals surface area contributed by atoms with Gasteiger partial charge in [-0.2, -0.15) is 0 Å². The van der Waals surface area contributed by atoms with Crippen molar-refractivity contribution in [1.29, 1.82) is 0 Å². The van der Waals surface area contributed by atoms with E-state index in [9.17, 15) is 14.9 Å². The molecule has 0 saturated carbocycles. The van der Waals surface area contributed by atoms with Crippen LogP contribution in [0.2, 0.25) is 0 Å². The Morgan fingerprint density at radius 3 is 2.55 bits per heavy atom. The van der Waals surface area contributed by atoms with Gasteiger partial charge in [0.1, 0.15) is 0 Å². The van der Waals surface area contributed by atoms with Gasteiger partial charge in [-0.1, -0.05) is 29.8 Å². The molecule has 0 bridgehead atoms. The van der Waals surface area contributed by atoms with E-state index in [4.69, 9.17) is 0 Å². The number of nitrogens with one attached hydrogen (secondary N) is 1. The first-order valence-electron chi connectivity index (χ1n) is 6.75. The zero-order chi connectivity index (χ0) is 16.1. The van der Waals surface area contributed by atoms with Crippen LogP contribution >= 0.6 is 15.9 Å². The Morgan fingerprint density at radius 2 is 1.91 bits per heavy atom. The fourth-order valence-corrected chi connectivity index (χ4v) is 2.29. The van der Waals surface area contributed by atoms with Crippen LogP contribution in [0.5, 0.6) is 0 Å². The number of nitro groups is 1. The monoisotopic (exact) mass is 362 g/mol. The summed E-state index contributed by atoms with van der Waals surface area (Å²) in [6.45, 7) is 2.01. The summed E-state index contributed by atoms with van der Waals surface area (Å²) >= 11 is 3.27. The van der Waals surface area contributed by atoms with Gasteiger partial charge in [-0.15, -0.1) is 0 Å². The van der Waals surface area contributed by atoms with Gasteiger partial charge in [-0.3, -0.25) is 14.9 Å². The largest absolute Gasteiger partial charge is 0.325 e. The van der Waals surface area contributed by atoms with Crippen LogP contribution in [-0.4, -0.2) is 10.8 Å². The van der Waals surface area contributed by atoms with Crippen molar-refractivity contribution in [3.63, 3.8) is 0 Å². The lowest BCUT2D eigenvalue weighted by Crippen LogP contribution is -2.13. The molecule has 0 atom stereocenters. The van der Waals surface area contributed by atoms with Crippen molar-refractivity contribution in [2.45, 2.75) is 19.8 Å². The third kappa shape index (κ3) is 4.39. The summed E-state index contributed by atoms with van der Waals surface area (Å²) in [4.78, 5) is 22.3. The number of hydrogen-bond donors (Lipinski definition) is 1. The highest BCUT2D eigenvalue weighted by Gasteiger charge is 2.11. The van der Waals surface area contributed by atoms with E-state index in [1.165, 1.54) is 17.7 Å². The highest BCUT2D eigenvalue weighted by atomic mass is 79.9. The molecular weight excluding hydrogens is 348 g/mol. The minimum atomic E-state index is -0.492. The van der Waals surface area contributed by atoms with Crippen LogP contribution in [0.3, 0.4) is 0 Å². The van der Waals surface area contributed by atoms with Gasteiger partial charge in [0.25, 0.3) is 5.69 Å². The summed E-state index contributed by atoms with van der Waals surface area (Å²) in [5.74, 6) is -0.179. The molecule has 0 radical (unpaired) electrons. The molecule has 2 aromatic rings. The molecule has 22 heavy (non-hydrogen) atoms. The molecule has 0 aliphatic rings. The first kappa shape index (κ1) is 16.2. The van der Waals surface area contributed by atoms with E-state index >= 15 is 0 Å². The molecule has 0 heterocycles. The molecule has 0 spiro atoms. The molecule has 1 N–H and O–H groups in total. The quantitative estimate of drug-likeness (QED) is 0.638. The lowest BCUT2D eigenvalue weighted by Gasteiger charge is -2.07. The predicted octanol–water partition coefficient (Wildman–Crippen LogP) is 4.24. The Bertz CT molecular complexity index is 699. The van der Waals surface area contributed by atoms with Crippen molar-refractivity contribution >= 4 is 33.2 Å². The van der Waals surface area contributed by atoms with Gasteiger partial charge in [0.15, 0.2) is 0 Å². The van der Waals surface area contributed by atoms with Gasteiger partial charge >= 0.3 is 0 Å². The summed E-state index contributed by atoms with van der Waals surface area (Å²) in [6.07, 6.45) is 0.941. The summed E-state index contributed by atoms with van der Waals surface area (Å²) in [7, 11) is 0. The molecule has 0 fully saturated rings. The first-order chi connectivity index (χ1) is 10.5. The lowest BCUT2D eigenvalue weighted by atomic mass is 10.1. The SMILES string of the molecule is Cc1ccc(CCC(=O)Nc2cc([N+](=O)[O-])ccc2Br)cc1.